The van der Waals surface area contributed by atoms with E-state index in [4.69, 9.17) is 0 Å². The van der Waals surface area contributed by atoms with Crippen molar-refractivity contribution in [3.63, 3.8) is 0 Å². The molecule has 1 N–H and O–H groups in total. The maximum Gasteiger partial charge on any atom is 0.0681 e. The average Bonchev–Trinajstić information content (AvgIpc) is 3.06. The van der Waals surface area contributed by atoms with Crippen LogP contribution in [0.4, 0.5) is 0 Å². The molecular weight excluding hydrogens is 306 g/mol. The van der Waals surface area contributed by atoms with Gasteiger partial charge in [-0.3, -0.25) is 0 Å². The van der Waals surface area contributed by atoms with Crippen molar-refractivity contribution in [3.05, 3.63) is 96.2 Å². The SMILES string of the molecule is OCc1ccc(-c2cn(CCc3ccccc3)c3ccccc23)cc1. The maximum atomic E-state index is 9.25. The lowest BCUT2D eigenvalue weighted by molar-refractivity contribution is 0.282. The standard InChI is InChI=1S/C23H21NO/c25-17-19-10-12-20(13-11-19)22-16-24(23-9-5-4-8-21(22)23)15-14-18-6-2-1-3-7-18/h1-13,16,25H,14-15,17H2. The largest absolute Gasteiger partial charge is 0.392 e. The number of aryl methyl sites for hydroxylation is 2. The van der Waals surface area contributed by atoms with Gasteiger partial charge in [0.2, 0.25) is 0 Å². The zero-order chi connectivity index (χ0) is 17.1. The molecule has 0 bridgehead atoms. The van der Waals surface area contributed by atoms with E-state index >= 15 is 0 Å². The smallest absolute Gasteiger partial charge is 0.0681 e. The molecule has 0 aliphatic heterocycles. The Labute approximate surface area is 148 Å². The first kappa shape index (κ1) is 15.7. The number of benzene rings is 3. The predicted molar refractivity (Wildman–Crippen MR) is 103 cm³/mol. The lowest BCUT2D eigenvalue weighted by Crippen LogP contribution is -1.99. The van der Waals surface area contributed by atoms with E-state index in [1.165, 1.54) is 27.6 Å². The highest BCUT2D eigenvalue weighted by molar-refractivity contribution is 5.96. The zero-order valence-electron chi connectivity index (χ0n) is 14.1. The molecule has 0 spiro atoms. The highest BCUT2D eigenvalue weighted by Gasteiger charge is 2.10. The second-order valence-electron chi connectivity index (χ2n) is 6.34. The van der Waals surface area contributed by atoms with Crippen LogP contribution in [0.3, 0.4) is 0 Å². The van der Waals surface area contributed by atoms with Gasteiger partial charge in [0.05, 0.1) is 6.61 Å². The summed E-state index contributed by atoms with van der Waals surface area (Å²) in [5.41, 5.74) is 5.99. The summed E-state index contributed by atoms with van der Waals surface area (Å²) in [5, 5.41) is 10.5. The van der Waals surface area contributed by atoms with Crippen LogP contribution in [0.2, 0.25) is 0 Å². The third-order valence-corrected chi connectivity index (χ3v) is 4.72. The molecule has 0 saturated carbocycles. The van der Waals surface area contributed by atoms with Gasteiger partial charge in [0.1, 0.15) is 0 Å². The summed E-state index contributed by atoms with van der Waals surface area (Å²) in [5.74, 6) is 0. The van der Waals surface area contributed by atoms with Crippen molar-refractivity contribution in [2.45, 2.75) is 19.6 Å². The molecule has 4 aromatic rings. The molecule has 3 aromatic carbocycles. The fraction of sp³-hybridized carbons (Fsp3) is 0.130. The number of aliphatic hydroxyl groups excluding tert-OH is 1. The lowest BCUT2D eigenvalue weighted by Gasteiger charge is -2.05. The summed E-state index contributed by atoms with van der Waals surface area (Å²) in [4.78, 5) is 0. The van der Waals surface area contributed by atoms with Crippen LogP contribution in [0.15, 0.2) is 85.1 Å². The number of aromatic nitrogens is 1. The Morgan fingerprint density at radius 1 is 0.720 bits per heavy atom. The van der Waals surface area contributed by atoms with Gasteiger partial charge in [-0.25, -0.2) is 0 Å². The van der Waals surface area contributed by atoms with Gasteiger partial charge >= 0.3 is 0 Å². The third kappa shape index (κ3) is 3.21. The molecule has 124 valence electrons. The van der Waals surface area contributed by atoms with Gasteiger partial charge in [0.25, 0.3) is 0 Å². The molecule has 4 rings (SSSR count). The maximum absolute atomic E-state index is 9.25. The highest BCUT2D eigenvalue weighted by atomic mass is 16.3. The van der Waals surface area contributed by atoms with Crippen molar-refractivity contribution in [1.82, 2.24) is 4.57 Å². The van der Waals surface area contributed by atoms with Gasteiger partial charge in [-0.2, -0.15) is 0 Å². The second kappa shape index (κ2) is 6.96. The van der Waals surface area contributed by atoms with E-state index < -0.39 is 0 Å². The van der Waals surface area contributed by atoms with Crippen LogP contribution in [0.25, 0.3) is 22.0 Å². The molecule has 0 aliphatic rings. The molecule has 0 aliphatic carbocycles. The van der Waals surface area contributed by atoms with Crippen LogP contribution in [-0.4, -0.2) is 9.67 Å². The Hall–Kier alpha value is -2.84. The van der Waals surface area contributed by atoms with E-state index in [-0.39, 0.29) is 6.61 Å². The number of hydrogen-bond acceptors (Lipinski definition) is 1. The van der Waals surface area contributed by atoms with Gasteiger partial charge in [-0.05, 0) is 29.2 Å². The van der Waals surface area contributed by atoms with E-state index in [1.54, 1.807) is 0 Å². The Balaban J connectivity index is 1.70. The van der Waals surface area contributed by atoms with Crippen molar-refractivity contribution in [1.29, 1.82) is 0 Å². The predicted octanol–water partition coefficient (Wildman–Crippen LogP) is 5.04. The molecule has 1 heterocycles. The summed E-state index contributed by atoms with van der Waals surface area (Å²) in [7, 11) is 0. The summed E-state index contributed by atoms with van der Waals surface area (Å²) in [6.45, 7) is 1.04. The van der Waals surface area contributed by atoms with E-state index in [1.807, 2.05) is 12.1 Å². The van der Waals surface area contributed by atoms with Crippen LogP contribution in [0.5, 0.6) is 0 Å². The van der Waals surface area contributed by atoms with Crippen molar-refractivity contribution in [2.75, 3.05) is 0 Å². The van der Waals surface area contributed by atoms with Crippen molar-refractivity contribution >= 4 is 10.9 Å². The Bertz CT molecular complexity index is 968. The molecule has 0 unspecified atom stereocenters. The fourth-order valence-corrected chi connectivity index (χ4v) is 3.35. The van der Waals surface area contributed by atoms with Crippen LogP contribution in [-0.2, 0) is 19.6 Å². The molecule has 25 heavy (non-hydrogen) atoms. The second-order valence-corrected chi connectivity index (χ2v) is 6.34. The first-order valence-corrected chi connectivity index (χ1v) is 8.67. The monoisotopic (exact) mass is 327 g/mol. The molecule has 2 nitrogen and oxygen atoms in total. The number of nitrogens with zero attached hydrogens (tertiary/aromatic N) is 1. The molecule has 0 amide bonds. The topological polar surface area (TPSA) is 25.2 Å². The summed E-state index contributed by atoms with van der Waals surface area (Å²) < 4.78 is 2.34. The number of para-hydroxylation sites is 1. The molecule has 0 radical (unpaired) electrons. The Morgan fingerprint density at radius 2 is 1.44 bits per heavy atom. The highest BCUT2D eigenvalue weighted by Crippen LogP contribution is 2.31. The number of hydrogen-bond donors (Lipinski definition) is 1. The van der Waals surface area contributed by atoms with Gasteiger partial charge in [0.15, 0.2) is 0 Å². The molecule has 2 heteroatoms. The average molecular weight is 327 g/mol. The first-order chi connectivity index (χ1) is 12.3. The minimum Gasteiger partial charge on any atom is -0.392 e. The van der Waals surface area contributed by atoms with Crippen LogP contribution < -0.4 is 0 Å². The number of fused-ring (bicyclic) bond motifs is 1. The van der Waals surface area contributed by atoms with Gasteiger partial charge < -0.3 is 9.67 Å². The minimum atomic E-state index is 0.0825. The van der Waals surface area contributed by atoms with E-state index in [0.717, 1.165) is 18.5 Å². The van der Waals surface area contributed by atoms with E-state index in [2.05, 4.69) is 77.5 Å². The van der Waals surface area contributed by atoms with Crippen molar-refractivity contribution < 1.29 is 5.11 Å². The number of aliphatic hydroxyl groups is 1. The molecule has 0 atom stereocenters. The molecule has 0 saturated heterocycles. The summed E-state index contributed by atoms with van der Waals surface area (Å²) in [6.07, 6.45) is 3.27. The Morgan fingerprint density at radius 3 is 2.20 bits per heavy atom. The first-order valence-electron chi connectivity index (χ1n) is 8.67. The Kier molecular flexibility index (Phi) is 4.36. The number of rotatable bonds is 5. The van der Waals surface area contributed by atoms with Crippen molar-refractivity contribution in [2.24, 2.45) is 0 Å². The lowest BCUT2D eigenvalue weighted by atomic mass is 10.0. The summed E-state index contributed by atoms with van der Waals surface area (Å²) in [6, 6.07) is 27.3. The van der Waals surface area contributed by atoms with Gasteiger partial charge in [-0.1, -0.05) is 72.8 Å². The van der Waals surface area contributed by atoms with Gasteiger partial charge in [0, 0.05) is 29.2 Å². The molecular formula is C23H21NO. The third-order valence-electron chi connectivity index (χ3n) is 4.72. The molecule has 0 fully saturated rings. The van der Waals surface area contributed by atoms with Crippen LogP contribution in [0.1, 0.15) is 11.1 Å². The van der Waals surface area contributed by atoms with Gasteiger partial charge in [-0.15, -0.1) is 0 Å². The molecule has 1 aromatic heterocycles. The van der Waals surface area contributed by atoms with Crippen molar-refractivity contribution in [3.8, 4) is 11.1 Å². The normalized spacial score (nSPS) is 11.1. The quantitative estimate of drug-likeness (QED) is 0.545. The minimum absolute atomic E-state index is 0.0825. The van der Waals surface area contributed by atoms with E-state index in [0.29, 0.717) is 0 Å². The van der Waals surface area contributed by atoms with Crippen LogP contribution in [0, 0.1) is 0 Å². The zero-order valence-corrected chi connectivity index (χ0v) is 14.1. The summed E-state index contributed by atoms with van der Waals surface area (Å²) >= 11 is 0. The van der Waals surface area contributed by atoms with Crippen LogP contribution >= 0.6 is 0 Å². The fourth-order valence-electron chi connectivity index (χ4n) is 3.35. The van der Waals surface area contributed by atoms with E-state index in [9.17, 15) is 5.11 Å².